The van der Waals surface area contributed by atoms with Crippen molar-refractivity contribution in [2.75, 3.05) is 27.1 Å². The number of carbonyl (C=O) groups excluding carboxylic acids is 1. The Morgan fingerprint density at radius 2 is 1.68 bits per heavy atom. The molecule has 3 heterocycles. The van der Waals surface area contributed by atoms with Crippen LogP contribution in [-0.4, -0.2) is 58.3 Å². The van der Waals surface area contributed by atoms with Crippen LogP contribution in [0.1, 0.15) is 41.3 Å². The summed E-state index contributed by atoms with van der Waals surface area (Å²) >= 11 is 5.74. The number of nitrogens with one attached hydrogen (secondary N) is 2. The van der Waals surface area contributed by atoms with Crippen molar-refractivity contribution in [2.45, 2.75) is 25.3 Å². The van der Waals surface area contributed by atoms with Crippen LogP contribution in [0.4, 0.5) is 4.79 Å². The first kappa shape index (κ1) is 28.0. The number of nitrogens with zero attached hydrogens (tertiary/aromatic N) is 3. The highest BCUT2D eigenvalue weighted by atomic mass is 32.1. The van der Waals surface area contributed by atoms with Gasteiger partial charge in [0, 0.05) is 48.2 Å². The minimum Gasteiger partial charge on any atom is -0.467 e. The predicted molar refractivity (Wildman–Crippen MR) is 171 cm³/mol. The van der Waals surface area contributed by atoms with E-state index in [1.54, 1.807) is 7.11 Å². The molecule has 1 aliphatic carbocycles. The highest BCUT2D eigenvalue weighted by Crippen LogP contribution is 2.44. The quantitative estimate of drug-likeness (QED) is 0.171. The van der Waals surface area contributed by atoms with Crippen LogP contribution in [0.5, 0.6) is 5.75 Å². The number of hydrogen-bond acceptors (Lipinski definition) is 7. The van der Waals surface area contributed by atoms with Gasteiger partial charge in [0.1, 0.15) is 12.4 Å². The number of benzene rings is 3. The molecule has 2 N–H and O–H groups in total. The van der Waals surface area contributed by atoms with Gasteiger partial charge in [-0.1, -0.05) is 60.7 Å². The summed E-state index contributed by atoms with van der Waals surface area (Å²) in [7, 11) is 1.58. The Kier molecular flexibility index (Phi) is 7.45. The van der Waals surface area contributed by atoms with E-state index in [1.165, 1.54) is 11.1 Å². The minimum atomic E-state index is -0.561. The zero-order chi connectivity index (χ0) is 30.2. The van der Waals surface area contributed by atoms with Gasteiger partial charge in [-0.15, -0.1) is 10.2 Å². The van der Waals surface area contributed by atoms with Crippen LogP contribution in [-0.2, 0) is 15.9 Å². The van der Waals surface area contributed by atoms with Gasteiger partial charge in [-0.3, -0.25) is 5.32 Å². The summed E-state index contributed by atoms with van der Waals surface area (Å²) < 4.78 is 16.6. The molecule has 0 saturated heterocycles. The molecule has 0 radical (unpaired) electrons. The number of ether oxygens (including phenoxy) is 3. The molecular weight excluding hydrogens is 574 g/mol. The summed E-state index contributed by atoms with van der Waals surface area (Å²) in [5.74, 6) is 0.639. The fourth-order valence-corrected chi connectivity index (χ4v) is 6.78. The number of H-pyrrole nitrogens is 1. The van der Waals surface area contributed by atoms with Crippen LogP contribution in [0.25, 0.3) is 33.4 Å². The van der Waals surface area contributed by atoms with Crippen molar-refractivity contribution in [2.24, 2.45) is 0 Å². The number of aromatic nitrogens is 3. The third kappa shape index (κ3) is 4.95. The van der Waals surface area contributed by atoms with Gasteiger partial charge in [-0.2, -0.15) is 0 Å². The van der Waals surface area contributed by atoms with Crippen molar-refractivity contribution in [3.05, 3.63) is 101 Å². The van der Waals surface area contributed by atoms with Gasteiger partial charge < -0.3 is 24.1 Å². The number of rotatable bonds is 6. The van der Waals surface area contributed by atoms with Gasteiger partial charge >= 0.3 is 6.09 Å². The maximum absolute atomic E-state index is 13.0. The first-order valence-electron chi connectivity index (χ1n) is 14.6. The zero-order valence-electron chi connectivity index (χ0n) is 24.4. The number of carbonyl (C=O) groups is 1. The van der Waals surface area contributed by atoms with Gasteiger partial charge in [-0.25, -0.2) is 4.79 Å². The molecule has 0 spiro atoms. The van der Waals surface area contributed by atoms with Crippen molar-refractivity contribution in [3.63, 3.8) is 0 Å². The number of aromatic amines is 1. The van der Waals surface area contributed by atoms with Crippen molar-refractivity contribution in [1.29, 1.82) is 0 Å². The molecule has 5 aromatic rings. The van der Waals surface area contributed by atoms with E-state index < -0.39 is 6.09 Å². The first-order valence-corrected chi connectivity index (χ1v) is 15.0. The van der Waals surface area contributed by atoms with Gasteiger partial charge in [0.25, 0.3) is 0 Å². The minimum absolute atomic E-state index is 0.0234. The number of methoxy groups -OCH3 is 1. The molecule has 44 heavy (non-hydrogen) atoms. The second kappa shape index (κ2) is 11.7. The van der Waals surface area contributed by atoms with E-state index in [0.717, 1.165) is 33.3 Å². The average Bonchev–Trinajstić information content (AvgIpc) is 3.58. The third-order valence-electron chi connectivity index (χ3n) is 8.48. The lowest BCUT2D eigenvalue weighted by molar-refractivity contribution is 0.0515. The monoisotopic (exact) mass is 605 g/mol. The standard InChI is InChI=1S/C34H31N5O4S/c1-20-31-26-17-29(25-13-7-8-14-30(25)43-19-41-2)37-38-32(26)35-28(31)15-16-39(20)33(44)36-34(40)42-18-27-23-11-5-3-9-21(23)22-10-4-6-12-24(22)27/h3-14,17,20,27H,15-16,18-19H2,1-2H3,(H,35,38)(H,36,40,44). The van der Waals surface area contributed by atoms with E-state index in [2.05, 4.69) is 51.7 Å². The van der Waals surface area contributed by atoms with Crippen LogP contribution in [0.3, 0.4) is 0 Å². The van der Waals surface area contributed by atoms with Crippen molar-refractivity contribution in [1.82, 2.24) is 25.4 Å². The maximum Gasteiger partial charge on any atom is 0.413 e. The van der Waals surface area contributed by atoms with E-state index in [4.69, 9.17) is 26.4 Å². The Morgan fingerprint density at radius 1 is 1.00 bits per heavy atom. The molecule has 0 fully saturated rings. The summed E-state index contributed by atoms with van der Waals surface area (Å²) in [6.07, 6.45) is 0.153. The Hall–Kier alpha value is -4.80. The zero-order valence-corrected chi connectivity index (χ0v) is 25.2. The van der Waals surface area contributed by atoms with Gasteiger partial charge in [0.15, 0.2) is 17.6 Å². The number of alkyl carbamates (subject to hydrolysis) is 1. The van der Waals surface area contributed by atoms with Gasteiger partial charge in [0.05, 0.1) is 11.7 Å². The first-order chi connectivity index (χ1) is 21.5. The Bertz CT molecular complexity index is 1840. The van der Waals surface area contributed by atoms with E-state index in [9.17, 15) is 4.79 Å². The Labute approximate surface area is 260 Å². The molecule has 2 aromatic heterocycles. The van der Waals surface area contributed by atoms with Crippen LogP contribution in [0, 0.1) is 0 Å². The SMILES string of the molecule is COCOc1ccccc1-c1cc2c3c([nH]c2nn1)CCN(C(=S)NC(=O)OCC1c2ccccc2-c2ccccc21)C3C. The fraction of sp³-hybridized carbons (Fsp3) is 0.235. The summed E-state index contributed by atoms with van der Waals surface area (Å²) in [6, 6.07) is 26.1. The molecule has 7 rings (SSSR count). The largest absolute Gasteiger partial charge is 0.467 e. The fourth-order valence-electron chi connectivity index (χ4n) is 6.45. The number of para-hydroxylation sites is 1. The molecule has 222 valence electrons. The second-order valence-electron chi connectivity index (χ2n) is 10.9. The summed E-state index contributed by atoms with van der Waals surface area (Å²) in [4.78, 5) is 18.5. The van der Waals surface area contributed by atoms with Crippen LogP contribution < -0.4 is 10.1 Å². The van der Waals surface area contributed by atoms with Crippen LogP contribution in [0.2, 0.25) is 0 Å². The molecule has 10 heteroatoms. The van der Waals surface area contributed by atoms with Crippen molar-refractivity contribution in [3.8, 4) is 28.1 Å². The highest BCUT2D eigenvalue weighted by molar-refractivity contribution is 7.80. The number of hydrogen-bond donors (Lipinski definition) is 2. The smallest absolute Gasteiger partial charge is 0.413 e. The normalized spacial score (nSPS) is 15.4. The van der Waals surface area contributed by atoms with E-state index in [0.29, 0.717) is 35.2 Å². The van der Waals surface area contributed by atoms with E-state index >= 15 is 0 Å². The third-order valence-corrected chi connectivity index (χ3v) is 8.81. The lowest BCUT2D eigenvalue weighted by atomic mass is 9.97. The lowest BCUT2D eigenvalue weighted by Crippen LogP contribution is -2.46. The molecule has 3 aromatic carbocycles. The topological polar surface area (TPSA) is 102 Å². The molecule has 9 nitrogen and oxygen atoms in total. The molecular formula is C34H31N5O4S. The molecule has 1 aliphatic heterocycles. The molecule has 0 saturated carbocycles. The number of fused-ring (bicyclic) bond motifs is 6. The van der Waals surface area contributed by atoms with Gasteiger partial charge in [0.2, 0.25) is 0 Å². The molecule has 1 amide bonds. The van der Waals surface area contributed by atoms with Crippen molar-refractivity contribution >= 4 is 34.5 Å². The van der Waals surface area contributed by atoms with Crippen LogP contribution >= 0.6 is 12.2 Å². The maximum atomic E-state index is 13.0. The van der Waals surface area contributed by atoms with Gasteiger partial charge in [-0.05, 0) is 59.6 Å². The van der Waals surface area contributed by atoms with E-state index in [1.807, 2.05) is 59.5 Å². The summed E-state index contributed by atoms with van der Waals surface area (Å²) in [6.45, 7) is 3.07. The molecule has 1 unspecified atom stereocenters. The highest BCUT2D eigenvalue weighted by Gasteiger charge is 2.32. The van der Waals surface area contributed by atoms with E-state index in [-0.39, 0.29) is 25.4 Å². The number of amides is 1. The van der Waals surface area contributed by atoms with Crippen molar-refractivity contribution < 1.29 is 19.0 Å². The second-order valence-corrected chi connectivity index (χ2v) is 11.3. The van der Waals surface area contributed by atoms with Crippen LogP contribution in [0.15, 0.2) is 78.9 Å². The Balaban J connectivity index is 1.07. The summed E-state index contributed by atoms with van der Waals surface area (Å²) in [5.41, 5.74) is 9.07. The molecule has 0 bridgehead atoms. The Morgan fingerprint density at radius 3 is 2.41 bits per heavy atom. The molecule has 2 aliphatic rings. The number of thiocarbonyl (C=S) groups is 1. The summed E-state index contributed by atoms with van der Waals surface area (Å²) in [5, 5.41) is 13.1. The lowest BCUT2D eigenvalue weighted by Gasteiger charge is -2.35. The average molecular weight is 606 g/mol. The molecule has 1 atom stereocenters. The predicted octanol–water partition coefficient (Wildman–Crippen LogP) is 6.35.